The summed E-state index contributed by atoms with van der Waals surface area (Å²) >= 11 is 0. The summed E-state index contributed by atoms with van der Waals surface area (Å²) in [4.78, 5) is 7.03. The summed E-state index contributed by atoms with van der Waals surface area (Å²) in [5, 5.41) is 7.65. The second-order valence-corrected chi connectivity index (χ2v) is 2.66. The number of rotatable bonds is 3. The first-order chi connectivity index (χ1) is 6.42. The van der Waals surface area contributed by atoms with E-state index < -0.39 is 0 Å². The Morgan fingerprint density at radius 1 is 1.54 bits per heavy atom. The first-order valence-corrected chi connectivity index (χ1v) is 4.19. The molecule has 0 radical (unpaired) electrons. The third-order valence-corrected chi connectivity index (χ3v) is 1.65. The lowest BCUT2D eigenvalue weighted by Gasteiger charge is -2.01. The molecule has 0 spiro atoms. The van der Waals surface area contributed by atoms with Gasteiger partial charge in [0.2, 0.25) is 0 Å². The Bertz CT molecular complexity index is 398. The standard InChI is InChI=1S/C8H10N4O/c1-2-3-13-8-7-6(4-11-12-8)9-5-10-7/h4-5H,2-3H2,1H3,(H,9,10). The second-order valence-electron chi connectivity index (χ2n) is 2.66. The first kappa shape index (κ1) is 7.97. The van der Waals surface area contributed by atoms with Gasteiger partial charge in [-0.3, -0.25) is 0 Å². The van der Waals surface area contributed by atoms with Crippen LogP contribution in [0.15, 0.2) is 12.5 Å². The topological polar surface area (TPSA) is 63.7 Å². The molecule has 2 heterocycles. The highest BCUT2D eigenvalue weighted by Crippen LogP contribution is 2.17. The molecule has 13 heavy (non-hydrogen) atoms. The van der Waals surface area contributed by atoms with Gasteiger partial charge in [0.05, 0.1) is 24.6 Å². The number of hydrogen-bond donors (Lipinski definition) is 1. The summed E-state index contributed by atoms with van der Waals surface area (Å²) in [6.45, 7) is 2.68. The molecule has 0 aliphatic heterocycles. The van der Waals surface area contributed by atoms with Gasteiger partial charge < -0.3 is 9.72 Å². The van der Waals surface area contributed by atoms with Crippen molar-refractivity contribution in [3.05, 3.63) is 12.5 Å². The fourth-order valence-electron chi connectivity index (χ4n) is 1.06. The van der Waals surface area contributed by atoms with Gasteiger partial charge in [0.1, 0.15) is 0 Å². The van der Waals surface area contributed by atoms with E-state index in [9.17, 15) is 0 Å². The fourth-order valence-corrected chi connectivity index (χ4v) is 1.06. The van der Waals surface area contributed by atoms with E-state index in [1.54, 1.807) is 12.5 Å². The van der Waals surface area contributed by atoms with E-state index in [1.807, 2.05) is 6.92 Å². The summed E-state index contributed by atoms with van der Waals surface area (Å²) in [7, 11) is 0. The molecule has 0 fully saturated rings. The Morgan fingerprint density at radius 3 is 3.31 bits per heavy atom. The molecular weight excluding hydrogens is 168 g/mol. The van der Waals surface area contributed by atoms with Crippen molar-refractivity contribution < 1.29 is 4.74 Å². The summed E-state index contributed by atoms with van der Waals surface area (Å²) in [5.74, 6) is 0.501. The summed E-state index contributed by atoms with van der Waals surface area (Å²) in [6, 6.07) is 0. The lowest BCUT2D eigenvalue weighted by molar-refractivity contribution is 0.305. The SMILES string of the molecule is CCCOc1nncc2[nH]cnc12. The number of hydrogen-bond acceptors (Lipinski definition) is 4. The minimum Gasteiger partial charge on any atom is -0.475 e. The number of H-pyrrole nitrogens is 1. The lowest BCUT2D eigenvalue weighted by Crippen LogP contribution is -1.99. The number of ether oxygens (including phenoxy) is 1. The first-order valence-electron chi connectivity index (χ1n) is 4.19. The molecule has 0 amide bonds. The molecule has 0 aromatic carbocycles. The monoisotopic (exact) mass is 178 g/mol. The van der Waals surface area contributed by atoms with Crippen LogP contribution < -0.4 is 4.74 Å². The molecule has 0 aliphatic rings. The molecule has 2 aromatic heterocycles. The van der Waals surface area contributed by atoms with Crippen LogP contribution in [0, 0.1) is 0 Å². The maximum Gasteiger partial charge on any atom is 0.261 e. The van der Waals surface area contributed by atoms with Crippen LogP contribution in [0.5, 0.6) is 5.88 Å². The van der Waals surface area contributed by atoms with Gasteiger partial charge in [-0.2, -0.15) is 5.10 Å². The van der Waals surface area contributed by atoms with Crippen LogP contribution in [-0.2, 0) is 0 Å². The van der Waals surface area contributed by atoms with E-state index >= 15 is 0 Å². The van der Waals surface area contributed by atoms with E-state index in [1.165, 1.54) is 0 Å². The number of aromatic amines is 1. The van der Waals surface area contributed by atoms with Gasteiger partial charge in [-0.15, -0.1) is 5.10 Å². The fraction of sp³-hybridized carbons (Fsp3) is 0.375. The van der Waals surface area contributed by atoms with Crippen LogP contribution in [-0.4, -0.2) is 26.8 Å². The molecule has 0 atom stereocenters. The molecule has 68 valence electrons. The van der Waals surface area contributed by atoms with E-state index in [-0.39, 0.29) is 0 Å². The van der Waals surface area contributed by atoms with Crippen molar-refractivity contribution in [1.29, 1.82) is 0 Å². The number of nitrogens with one attached hydrogen (secondary N) is 1. The van der Waals surface area contributed by atoms with Crippen molar-refractivity contribution in [2.45, 2.75) is 13.3 Å². The molecule has 0 aliphatic carbocycles. The van der Waals surface area contributed by atoms with E-state index in [4.69, 9.17) is 4.74 Å². The molecule has 0 unspecified atom stereocenters. The molecule has 0 saturated carbocycles. The van der Waals surface area contributed by atoms with Crippen molar-refractivity contribution in [3.8, 4) is 5.88 Å². The van der Waals surface area contributed by atoms with Gasteiger partial charge in [0.15, 0.2) is 5.52 Å². The zero-order chi connectivity index (χ0) is 9.10. The van der Waals surface area contributed by atoms with Crippen LogP contribution in [0.2, 0.25) is 0 Å². The summed E-state index contributed by atoms with van der Waals surface area (Å²) in [6.07, 6.45) is 4.18. The Kier molecular flexibility index (Phi) is 2.08. The summed E-state index contributed by atoms with van der Waals surface area (Å²) < 4.78 is 5.37. The number of aromatic nitrogens is 4. The van der Waals surface area contributed by atoms with Crippen LogP contribution in [0.3, 0.4) is 0 Å². The third-order valence-electron chi connectivity index (χ3n) is 1.65. The van der Waals surface area contributed by atoms with Crippen LogP contribution in [0.25, 0.3) is 11.0 Å². The van der Waals surface area contributed by atoms with Gasteiger partial charge >= 0.3 is 0 Å². The molecule has 0 saturated heterocycles. The normalized spacial score (nSPS) is 10.5. The molecule has 1 N–H and O–H groups in total. The van der Waals surface area contributed by atoms with E-state index in [2.05, 4.69) is 20.2 Å². The maximum absolute atomic E-state index is 5.37. The van der Waals surface area contributed by atoms with Crippen LogP contribution >= 0.6 is 0 Å². The van der Waals surface area contributed by atoms with Crippen LogP contribution in [0.1, 0.15) is 13.3 Å². The number of fused-ring (bicyclic) bond motifs is 1. The van der Waals surface area contributed by atoms with Gasteiger partial charge in [-0.1, -0.05) is 6.92 Å². The Hall–Kier alpha value is -1.65. The van der Waals surface area contributed by atoms with E-state index in [0.29, 0.717) is 12.5 Å². The van der Waals surface area contributed by atoms with E-state index in [0.717, 1.165) is 17.5 Å². The highest BCUT2D eigenvalue weighted by atomic mass is 16.5. The van der Waals surface area contributed by atoms with Crippen molar-refractivity contribution >= 4 is 11.0 Å². The molecule has 5 nitrogen and oxygen atoms in total. The van der Waals surface area contributed by atoms with Gasteiger partial charge in [0.25, 0.3) is 5.88 Å². The molecule has 0 bridgehead atoms. The summed E-state index contributed by atoms with van der Waals surface area (Å²) in [5.41, 5.74) is 1.59. The van der Waals surface area contributed by atoms with Crippen LogP contribution in [0.4, 0.5) is 0 Å². The lowest BCUT2D eigenvalue weighted by atomic mass is 10.4. The number of imidazole rings is 1. The van der Waals surface area contributed by atoms with Gasteiger partial charge in [-0.05, 0) is 6.42 Å². The molecule has 2 rings (SSSR count). The maximum atomic E-state index is 5.37. The Balaban J connectivity index is 2.37. The highest BCUT2D eigenvalue weighted by Gasteiger charge is 2.05. The Labute approximate surface area is 75.2 Å². The predicted octanol–water partition coefficient (Wildman–Crippen LogP) is 1.14. The molecule has 5 heteroatoms. The Morgan fingerprint density at radius 2 is 2.46 bits per heavy atom. The minimum atomic E-state index is 0.501. The zero-order valence-corrected chi connectivity index (χ0v) is 7.32. The average Bonchev–Trinajstić information content (AvgIpc) is 2.62. The van der Waals surface area contributed by atoms with Crippen molar-refractivity contribution in [1.82, 2.24) is 20.2 Å². The smallest absolute Gasteiger partial charge is 0.261 e. The van der Waals surface area contributed by atoms with Gasteiger partial charge in [0, 0.05) is 0 Å². The van der Waals surface area contributed by atoms with Crippen molar-refractivity contribution in [3.63, 3.8) is 0 Å². The predicted molar refractivity (Wildman–Crippen MR) is 47.5 cm³/mol. The van der Waals surface area contributed by atoms with Gasteiger partial charge in [-0.25, -0.2) is 4.98 Å². The second kappa shape index (κ2) is 3.38. The number of nitrogens with zero attached hydrogens (tertiary/aromatic N) is 3. The average molecular weight is 178 g/mol. The molecule has 2 aromatic rings. The quantitative estimate of drug-likeness (QED) is 0.765. The van der Waals surface area contributed by atoms with Crippen molar-refractivity contribution in [2.24, 2.45) is 0 Å². The molecular formula is C8H10N4O. The zero-order valence-electron chi connectivity index (χ0n) is 7.32. The largest absolute Gasteiger partial charge is 0.475 e. The minimum absolute atomic E-state index is 0.501. The third kappa shape index (κ3) is 1.44. The highest BCUT2D eigenvalue weighted by molar-refractivity contribution is 5.77. The van der Waals surface area contributed by atoms with Crippen molar-refractivity contribution in [2.75, 3.05) is 6.61 Å².